The van der Waals surface area contributed by atoms with E-state index in [1.807, 2.05) is 0 Å². The van der Waals surface area contributed by atoms with Crippen LogP contribution in [0.25, 0.3) is 10.3 Å². The minimum Gasteiger partial charge on any atom is -0.473 e. The molecule has 0 spiro atoms. The SMILES string of the molecule is C[C@H](CO)ON=C(C(=O)Nc1nc2ccc(O[C@H]3CCN(C)C3)nc2s1)c1ccc(S(=O)(=O)C2CC2)cc1. The standard InChI is InChI=1S/C25H29N5O6S2/c1-15(14-31)36-29-22(16-3-5-18(6-4-16)38(33,34)19-7-8-19)23(32)28-25-26-20-9-10-21(27-24(20)37-25)35-17-11-12-30(2)13-17/h3-6,9-10,15,17,19,31H,7-8,11-14H2,1-2H3,(H,26,28,32)/t15-,17+/m1/s1. The summed E-state index contributed by atoms with van der Waals surface area (Å²) < 4.78 is 31.1. The Balaban J connectivity index is 1.34. The number of anilines is 1. The summed E-state index contributed by atoms with van der Waals surface area (Å²) in [7, 11) is -1.32. The van der Waals surface area contributed by atoms with Crippen LogP contribution in [0.4, 0.5) is 5.13 Å². The van der Waals surface area contributed by atoms with Gasteiger partial charge in [-0.1, -0.05) is 28.6 Å². The molecule has 3 heterocycles. The van der Waals surface area contributed by atoms with Gasteiger partial charge in [0.25, 0.3) is 5.91 Å². The Morgan fingerprint density at radius 2 is 1.97 bits per heavy atom. The highest BCUT2D eigenvalue weighted by atomic mass is 32.2. The van der Waals surface area contributed by atoms with E-state index in [1.54, 1.807) is 19.1 Å². The lowest BCUT2D eigenvalue weighted by Gasteiger charge is -2.12. The van der Waals surface area contributed by atoms with Gasteiger partial charge in [0, 0.05) is 24.7 Å². The summed E-state index contributed by atoms with van der Waals surface area (Å²) in [4.78, 5) is 30.5. The van der Waals surface area contributed by atoms with Crippen molar-refractivity contribution in [2.75, 3.05) is 32.1 Å². The Bertz CT molecular complexity index is 1450. The number of ether oxygens (including phenoxy) is 1. The molecule has 1 aromatic carbocycles. The molecule has 2 fully saturated rings. The van der Waals surface area contributed by atoms with E-state index in [2.05, 4.69) is 32.4 Å². The van der Waals surface area contributed by atoms with Crippen molar-refractivity contribution in [3.8, 4) is 5.88 Å². The van der Waals surface area contributed by atoms with Crippen molar-refractivity contribution >= 4 is 48.3 Å². The van der Waals surface area contributed by atoms with Gasteiger partial charge in [0.2, 0.25) is 5.88 Å². The van der Waals surface area contributed by atoms with Crippen LogP contribution in [-0.4, -0.2) is 84.2 Å². The second-order valence-electron chi connectivity index (χ2n) is 9.54. The third kappa shape index (κ3) is 5.96. The second kappa shape index (κ2) is 10.9. The van der Waals surface area contributed by atoms with Crippen LogP contribution in [0.15, 0.2) is 46.4 Å². The highest BCUT2D eigenvalue weighted by Crippen LogP contribution is 2.33. The number of aliphatic hydroxyl groups is 1. The highest BCUT2D eigenvalue weighted by molar-refractivity contribution is 7.92. The summed E-state index contributed by atoms with van der Waals surface area (Å²) >= 11 is 1.20. The zero-order chi connectivity index (χ0) is 26.9. The molecular weight excluding hydrogens is 530 g/mol. The summed E-state index contributed by atoms with van der Waals surface area (Å²) in [6.07, 6.45) is 1.70. The molecule has 1 saturated carbocycles. The maximum atomic E-state index is 13.2. The third-order valence-electron chi connectivity index (χ3n) is 6.30. The number of benzene rings is 1. The quantitative estimate of drug-likeness (QED) is 0.283. The van der Waals surface area contributed by atoms with E-state index in [-0.39, 0.29) is 28.6 Å². The van der Waals surface area contributed by atoms with Crippen LogP contribution in [0.2, 0.25) is 0 Å². The van der Waals surface area contributed by atoms with Crippen LogP contribution in [0.1, 0.15) is 31.7 Å². The number of oxime groups is 1. The Morgan fingerprint density at radius 1 is 1.21 bits per heavy atom. The molecule has 11 nitrogen and oxygen atoms in total. The Morgan fingerprint density at radius 3 is 2.63 bits per heavy atom. The number of nitrogens with one attached hydrogen (secondary N) is 1. The zero-order valence-corrected chi connectivity index (χ0v) is 22.7. The maximum Gasteiger partial charge on any atom is 0.280 e. The topological polar surface area (TPSA) is 143 Å². The van der Waals surface area contributed by atoms with Gasteiger partial charge in [0.15, 0.2) is 20.7 Å². The molecule has 1 saturated heterocycles. The van der Waals surface area contributed by atoms with Crippen molar-refractivity contribution in [3.63, 3.8) is 0 Å². The molecule has 13 heteroatoms. The van der Waals surface area contributed by atoms with Crippen LogP contribution in [-0.2, 0) is 19.5 Å². The number of fused-ring (bicyclic) bond motifs is 1. The number of likely N-dealkylation sites (tertiary alicyclic amines) is 1. The fourth-order valence-corrected chi connectivity index (χ4v) is 6.49. The predicted molar refractivity (Wildman–Crippen MR) is 143 cm³/mol. The zero-order valence-electron chi connectivity index (χ0n) is 21.0. The van der Waals surface area contributed by atoms with E-state index in [0.29, 0.717) is 39.8 Å². The fraction of sp³-hybridized carbons (Fsp3) is 0.440. The number of hydrogen-bond acceptors (Lipinski definition) is 11. The number of sulfone groups is 1. The minimum atomic E-state index is -3.37. The number of rotatable bonds is 10. The molecule has 0 radical (unpaired) electrons. The highest BCUT2D eigenvalue weighted by Gasteiger charge is 2.36. The van der Waals surface area contributed by atoms with Crippen molar-refractivity contribution in [2.45, 2.75) is 48.5 Å². The average molecular weight is 560 g/mol. The Hall–Kier alpha value is -3.13. The molecular formula is C25H29N5O6S2. The van der Waals surface area contributed by atoms with Crippen molar-refractivity contribution in [1.29, 1.82) is 0 Å². The van der Waals surface area contributed by atoms with E-state index in [4.69, 9.17) is 9.57 Å². The Labute approximate surface area is 224 Å². The molecule has 3 aromatic rings. The van der Waals surface area contributed by atoms with Gasteiger partial charge in [0.1, 0.15) is 22.6 Å². The summed E-state index contributed by atoms with van der Waals surface area (Å²) in [6.45, 7) is 3.14. The number of amides is 1. The largest absolute Gasteiger partial charge is 0.473 e. The van der Waals surface area contributed by atoms with E-state index in [1.165, 1.54) is 35.6 Å². The van der Waals surface area contributed by atoms with Crippen LogP contribution >= 0.6 is 11.3 Å². The number of nitrogens with zero attached hydrogens (tertiary/aromatic N) is 4. The lowest BCUT2D eigenvalue weighted by Crippen LogP contribution is -2.25. The molecule has 38 heavy (non-hydrogen) atoms. The van der Waals surface area contributed by atoms with E-state index in [0.717, 1.165) is 19.5 Å². The van der Waals surface area contributed by atoms with Crippen molar-refractivity contribution in [2.24, 2.45) is 5.16 Å². The van der Waals surface area contributed by atoms with Crippen molar-refractivity contribution < 1.29 is 27.9 Å². The smallest absolute Gasteiger partial charge is 0.280 e. The Kier molecular flexibility index (Phi) is 7.61. The summed E-state index contributed by atoms with van der Waals surface area (Å²) in [5, 5.41) is 16.0. The summed E-state index contributed by atoms with van der Waals surface area (Å²) in [5.41, 5.74) is 0.889. The van der Waals surface area contributed by atoms with Crippen LogP contribution in [0, 0.1) is 0 Å². The first-order chi connectivity index (χ1) is 18.2. The van der Waals surface area contributed by atoms with Crippen LogP contribution in [0.3, 0.4) is 0 Å². The molecule has 2 aromatic heterocycles. The number of aromatic nitrogens is 2. The fourth-order valence-electron chi connectivity index (χ4n) is 4.01. The van der Waals surface area contributed by atoms with Gasteiger partial charge in [-0.3, -0.25) is 10.1 Å². The molecule has 0 bridgehead atoms. The van der Waals surface area contributed by atoms with Gasteiger partial charge in [-0.25, -0.2) is 18.4 Å². The number of carbonyl (C=O) groups excluding carboxylic acids is 1. The number of likely N-dealkylation sites (N-methyl/N-ethyl adjacent to an activating group) is 1. The first kappa shape index (κ1) is 26.5. The van der Waals surface area contributed by atoms with Crippen LogP contribution < -0.4 is 10.1 Å². The lowest BCUT2D eigenvalue weighted by atomic mass is 10.1. The van der Waals surface area contributed by atoms with Gasteiger partial charge in [-0.2, -0.15) is 0 Å². The molecule has 1 amide bonds. The minimum absolute atomic E-state index is 0.0812. The monoisotopic (exact) mass is 559 g/mol. The number of carbonyl (C=O) groups is 1. The first-order valence-corrected chi connectivity index (χ1v) is 14.7. The summed E-state index contributed by atoms with van der Waals surface area (Å²) in [6, 6.07) is 9.52. The molecule has 202 valence electrons. The van der Waals surface area contributed by atoms with E-state index in [9.17, 15) is 18.3 Å². The summed E-state index contributed by atoms with van der Waals surface area (Å²) in [5.74, 6) is -0.0910. The predicted octanol–water partition coefficient (Wildman–Crippen LogP) is 2.45. The normalized spacial score (nSPS) is 19.4. The molecule has 2 atom stereocenters. The average Bonchev–Trinajstić information content (AvgIpc) is 3.58. The number of pyridine rings is 1. The van der Waals surface area contributed by atoms with Gasteiger partial charge in [-0.15, -0.1) is 0 Å². The molecule has 1 aliphatic heterocycles. The van der Waals surface area contributed by atoms with E-state index >= 15 is 0 Å². The first-order valence-electron chi connectivity index (χ1n) is 12.4. The number of thiazole rings is 1. The second-order valence-corrected chi connectivity index (χ2v) is 12.8. The molecule has 0 unspecified atom stereocenters. The van der Waals surface area contributed by atoms with Crippen molar-refractivity contribution in [3.05, 3.63) is 42.0 Å². The molecule has 2 aliphatic rings. The molecule has 2 N–H and O–H groups in total. The van der Waals surface area contributed by atoms with Gasteiger partial charge < -0.3 is 19.6 Å². The molecule has 1 aliphatic carbocycles. The van der Waals surface area contributed by atoms with E-state index < -0.39 is 21.8 Å². The maximum absolute atomic E-state index is 13.2. The number of hydrogen-bond donors (Lipinski definition) is 2. The lowest BCUT2D eigenvalue weighted by molar-refractivity contribution is -0.110. The van der Waals surface area contributed by atoms with Gasteiger partial charge in [0.05, 0.1) is 16.8 Å². The number of aliphatic hydroxyl groups excluding tert-OH is 1. The van der Waals surface area contributed by atoms with Crippen molar-refractivity contribution in [1.82, 2.24) is 14.9 Å². The molecule has 5 rings (SSSR count). The van der Waals surface area contributed by atoms with Gasteiger partial charge in [-0.05, 0) is 51.4 Å². The van der Waals surface area contributed by atoms with Gasteiger partial charge >= 0.3 is 0 Å². The van der Waals surface area contributed by atoms with Crippen LogP contribution in [0.5, 0.6) is 5.88 Å². The third-order valence-corrected chi connectivity index (χ3v) is 9.46.